The second-order valence-electron chi connectivity index (χ2n) is 8.95. The van der Waals surface area contributed by atoms with Gasteiger partial charge in [0.05, 0.1) is 6.54 Å². The smallest absolute Gasteiger partial charge is 0.331 e. The van der Waals surface area contributed by atoms with Gasteiger partial charge in [-0.05, 0) is 59.9 Å². The zero-order chi connectivity index (χ0) is 25.1. The van der Waals surface area contributed by atoms with Crippen molar-refractivity contribution in [2.24, 2.45) is 0 Å². The molecule has 0 aliphatic heterocycles. The molecule has 184 valence electrons. The van der Waals surface area contributed by atoms with Crippen molar-refractivity contribution < 1.29 is 0 Å². The van der Waals surface area contributed by atoms with E-state index in [1.807, 2.05) is 65.6 Å². The van der Waals surface area contributed by atoms with Gasteiger partial charge in [0, 0.05) is 42.1 Å². The summed E-state index contributed by atoms with van der Waals surface area (Å²) in [4.78, 5) is 18.2. The van der Waals surface area contributed by atoms with Crippen molar-refractivity contribution in [3.05, 3.63) is 89.0 Å². The number of tetrazole rings is 1. The van der Waals surface area contributed by atoms with E-state index in [4.69, 9.17) is 0 Å². The van der Waals surface area contributed by atoms with Crippen LogP contribution in [0.15, 0.2) is 72.0 Å². The van der Waals surface area contributed by atoms with Crippen LogP contribution in [0.1, 0.15) is 50.9 Å². The maximum absolute atomic E-state index is 13.8. The van der Waals surface area contributed by atoms with E-state index >= 15 is 0 Å². The predicted molar refractivity (Wildman–Crippen MR) is 139 cm³/mol. The molecule has 0 radical (unpaired) electrons. The molecular formula is C27H30N8O. The second kappa shape index (κ2) is 10.2. The Balaban J connectivity index is 1.60. The molecule has 9 heteroatoms. The summed E-state index contributed by atoms with van der Waals surface area (Å²) in [6, 6.07) is 14.2. The van der Waals surface area contributed by atoms with Crippen LogP contribution < -0.4 is 5.69 Å². The molecule has 4 aromatic heterocycles. The Morgan fingerprint density at radius 3 is 2.61 bits per heavy atom. The van der Waals surface area contributed by atoms with Crippen LogP contribution in [0.5, 0.6) is 0 Å². The van der Waals surface area contributed by atoms with Gasteiger partial charge in [-0.15, -0.1) is 10.2 Å². The first kappa shape index (κ1) is 23.5. The van der Waals surface area contributed by atoms with E-state index in [1.165, 1.54) is 0 Å². The molecule has 1 N–H and O–H groups in total. The lowest BCUT2D eigenvalue weighted by atomic mass is 9.96. The van der Waals surface area contributed by atoms with Crippen molar-refractivity contribution in [2.45, 2.75) is 52.6 Å². The summed E-state index contributed by atoms with van der Waals surface area (Å²) in [6.45, 7) is 6.86. The molecule has 1 atom stereocenters. The predicted octanol–water partition coefficient (Wildman–Crippen LogP) is 4.65. The molecule has 36 heavy (non-hydrogen) atoms. The summed E-state index contributed by atoms with van der Waals surface area (Å²) in [7, 11) is 0. The lowest BCUT2D eigenvalue weighted by Gasteiger charge is -2.15. The molecule has 0 fully saturated rings. The molecule has 0 amide bonds. The van der Waals surface area contributed by atoms with Gasteiger partial charge in [-0.3, -0.25) is 14.1 Å². The van der Waals surface area contributed by atoms with E-state index in [1.54, 1.807) is 10.8 Å². The first-order chi connectivity index (χ1) is 17.6. The van der Waals surface area contributed by atoms with Crippen LogP contribution >= 0.6 is 0 Å². The number of H-pyrrole nitrogens is 1. The normalized spacial score (nSPS) is 12.2. The van der Waals surface area contributed by atoms with Gasteiger partial charge in [-0.1, -0.05) is 44.5 Å². The Labute approximate surface area is 209 Å². The number of imidazole rings is 1. The van der Waals surface area contributed by atoms with Crippen molar-refractivity contribution in [3.63, 3.8) is 0 Å². The van der Waals surface area contributed by atoms with Gasteiger partial charge in [0.1, 0.15) is 5.82 Å². The summed E-state index contributed by atoms with van der Waals surface area (Å²) in [5.74, 6) is 1.41. The van der Waals surface area contributed by atoms with E-state index in [0.717, 1.165) is 53.0 Å². The Bertz CT molecular complexity index is 1510. The summed E-state index contributed by atoms with van der Waals surface area (Å²) in [5.41, 5.74) is 4.71. The van der Waals surface area contributed by atoms with E-state index < -0.39 is 0 Å². The first-order valence-corrected chi connectivity index (χ1v) is 12.4. The highest BCUT2D eigenvalue weighted by Gasteiger charge is 2.19. The number of nitrogens with one attached hydrogen (secondary N) is 1. The molecule has 4 heterocycles. The van der Waals surface area contributed by atoms with Crippen LogP contribution in [0.25, 0.3) is 28.3 Å². The van der Waals surface area contributed by atoms with E-state index in [-0.39, 0.29) is 5.69 Å². The quantitative estimate of drug-likeness (QED) is 0.330. The standard InChI is InChI=1S/C27H30N8O/c1-4-9-21-18-35(25-12-8-15-33(25)19(3)5-2)27(36)34(21)17-20-16-28-14-13-22(20)23-10-6-7-11-24(23)26-29-31-32-30-26/h6-8,10-16,18-19H,4-5,9,17H2,1-3H3,(H,29,30,31,32). The molecule has 9 nitrogen and oxygen atoms in total. The fraction of sp³-hybridized carbons (Fsp3) is 0.296. The van der Waals surface area contributed by atoms with Gasteiger partial charge in [0.15, 0.2) is 0 Å². The molecule has 0 aliphatic rings. The van der Waals surface area contributed by atoms with E-state index in [2.05, 4.69) is 50.9 Å². The zero-order valence-electron chi connectivity index (χ0n) is 20.8. The van der Waals surface area contributed by atoms with Gasteiger partial charge >= 0.3 is 5.69 Å². The molecule has 1 aromatic carbocycles. The Morgan fingerprint density at radius 1 is 1.03 bits per heavy atom. The molecule has 0 spiro atoms. The number of pyridine rings is 1. The Morgan fingerprint density at radius 2 is 1.86 bits per heavy atom. The van der Waals surface area contributed by atoms with Crippen LogP contribution in [0.4, 0.5) is 0 Å². The number of nitrogens with zero attached hydrogens (tertiary/aromatic N) is 7. The number of hydrogen-bond acceptors (Lipinski definition) is 5. The summed E-state index contributed by atoms with van der Waals surface area (Å²) >= 11 is 0. The highest BCUT2D eigenvalue weighted by Crippen LogP contribution is 2.32. The highest BCUT2D eigenvalue weighted by molar-refractivity contribution is 5.81. The van der Waals surface area contributed by atoms with Gasteiger partial charge < -0.3 is 4.57 Å². The number of aromatic amines is 1. The third kappa shape index (κ3) is 4.28. The monoisotopic (exact) mass is 482 g/mol. The fourth-order valence-electron chi connectivity index (χ4n) is 4.65. The molecule has 1 unspecified atom stereocenters. The third-order valence-electron chi connectivity index (χ3n) is 6.67. The maximum Gasteiger partial charge on any atom is 0.334 e. The second-order valence-corrected chi connectivity index (χ2v) is 8.95. The highest BCUT2D eigenvalue weighted by atomic mass is 16.1. The van der Waals surface area contributed by atoms with Crippen LogP contribution in [0.2, 0.25) is 0 Å². The minimum atomic E-state index is -0.0528. The molecule has 0 saturated heterocycles. The van der Waals surface area contributed by atoms with Crippen molar-refractivity contribution in [1.82, 2.24) is 39.3 Å². The third-order valence-corrected chi connectivity index (χ3v) is 6.67. The number of aryl methyl sites for hydroxylation is 1. The van der Waals surface area contributed by atoms with Crippen molar-refractivity contribution in [3.8, 4) is 28.3 Å². The van der Waals surface area contributed by atoms with Gasteiger partial charge in [-0.25, -0.2) is 4.79 Å². The minimum absolute atomic E-state index is 0.0528. The summed E-state index contributed by atoms with van der Waals surface area (Å²) < 4.78 is 5.81. The first-order valence-electron chi connectivity index (χ1n) is 12.4. The number of hydrogen-bond donors (Lipinski definition) is 1. The lowest BCUT2D eigenvalue weighted by Crippen LogP contribution is -2.26. The van der Waals surface area contributed by atoms with Gasteiger partial charge in [0.2, 0.25) is 5.82 Å². The number of benzene rings is 1. The molecule has 0 bridgehead atoms. The van der Waals surface area contributed by atoms with Crippen molar-refractivity contribution in [1.29, 1.82) is 0 Å². The van der Waals surface area contributed by atoms with E-state index in [0.29, 0.717) is 18.4 Å². The van der Waals surface area contributed by atoms with Crippen LogP contribution in [0, 0.1) is 0 Å². The average molecular weight is 483 g/mol. The average Bonchev–Trinajstić information content (AvgIpc) is 3.67. The van der Waals surface area contributed by atoms with Crippen LogP contribution in [-0.2, 0) is 13.0 Å². The zero-order valence-corrected chi connectivity index (χ0v) is 20.8. The van der Waals surface area contributed by atoms with Crippen molar-refractivity contribution in [2.75, 3.05) is 0 Å². The topological polar surface area (TPSA) is 99.2 Å². The Kier molecular flexibility index (Phi) is 6.62. The largest absolute Gasteiger partial charge is 0.334 e. The number of aromatic nitrogens is 8. The Hall–Kier alpha value is -4.27. The molecule has 5 aromatic rings. The molecular weight excluding hydrogens is 452 g/mol. The van der Waals surface area contributed by atoms with E-state index in [9.17, 15) is 4.79 Å². The lowest BCUT2D eigenvalue weighted by molar-refractivity contribution is 0.521. The van der Waals surface area contributed by atoms with Gasteiger partial charge in [0.25, 0.3) is 0 Å². The fourth-order valence-corrected chi connectivity index (χ4v) is 4.65. The van der Waals surface area contributed by atoms with Crippen molar-refractivity contribution >= 4 is 0 Å². The van der Waals surface area contributed by atoms with Crippen LogP contribution in [-0.4, -0.2) is 39.3 Å². The minimum Gasteiger partial charge on any atom is -0.331 e. The summed E-state index contributed by atoms with van der Waals surface area (Å²) in [6.07, 6.45) is 10.4. The maximum atomic E-state index is 13.8. The van der Waals surface area contributed by atoms with Gasteiger partial charge in [-0.2, -0.15) is 5.21 Å². The SMILES string of the molecule is CCCc1cn(-c2cccn2C(C)CC)c(=O)n1Cc1cnccc1-c1ccccc1-c1nn[nH]n1. The number of rotatable bonds is 9. The molecule has 0 aliphatic carbocycles. The molecule has 0 saturated carbocycles. The van der Waals surface area contributed by atoms with Crippen LogP contribution in [0.3, 0.4) is 0 Å². The molecule has 5 rings (SSSR count). The summed E-state index contributed by atoms with van der Waals surface area (Å²) in [5, 5.41) is 14.6.